The zero-order valence-corrected chi connectivity index (χ0v) is 19.6. The summed E-state index contributed by atoms with van der Waals surface area (Å²) in [6.07, 6.45) is 8.40. The van der Waals surface area contributed by atoms with Gasteiger partial charge in [-0.15, -0.1) is 0 Å². The van der Waals surface area contributed by atoms with Crippen molar-refractivity contribution < 1.29 is 24.2 Å². The molecule has 176 valence electrons. The van der Waals surface area contributed by atoms with E-state index in [9.17, 15) is 19.5 Å². The highest BCUT2D eigenvalue weighted by Crippen LogP contribution is 2.67. The summed E-state index contributed by atoms with van der Waals surface area (Å²) in [5, 5.41) is 11.7. The number of aliphatic hydroxyl groups is 1. The zero-order chi connectivity index (χ0) is 23.4. The van der Waals surface area contributed by atoms with Gasteiger partial charge in [0.2, 0.25) is 5.78 Å². The summed E-state index contributed by atoms with van der Waals surface area (Å²) in [6.45, 7) is 4.02. The molecule has 1 aromatic rings. The van der Waals surface area contributed by atoms with Crippen molar-refractivity contribution in [1.29, 1.82) is 0 Å². The van der Waals surface area contributed by atoms with E-state index in [4.69, 9.17) is 4.74 Å². The maximum atomic E-state index is 13.3. The average molecular weight is 451 g/mol. The third-order valence-electron chi connectivity index (χ3n) is 9.92. The van der Waals surface area contributed by atoms with E-state index in [0.717, 1.165) is 38.5 Å². The Kier molecular flexibility index (Phi) is 5.39. The Hall–Kier alpha value is -2.27. The summed E-state index contributed by atoms with van der Waals surface area (Å²) in [7, 11) is 0. The van der Waals surface area contributed by atoms with Crippen LogP contribution in [-0.4, -0.2) is 34.9 Å². The van der Waals surface area contributed by atoms with Crippen molar-refractivity contribution in [2.24, 2.45) is 28.6 Å². The highest BCUT2D eigenvalue weighted by Gasteiger charge is 2.66. The molecule has 3 saturated carbocycles. The highest BCUT2D eigenvalue weighted by atomic mass is 16.5. The molecule has 0 bridgehead atoms. The first kappa shape index (κ1) is 22.5. The van der Waals surface area contributed by atoms with Crippen molar-refractivity contribution in [3.63, 3.8) is 0 Å². The minimum atomic E-state index is -1.46. The molecule has 3 fully saturated rings. The second-order valence-corrected chi connectivity index (χ2v) is 11.2. The van der Waals surface area contributed by atoms with Gasteiger partial charge in [0.15, 0.2) is 12.4 Å². The predicted octanol–water partition coefficient (Wildman–Crippen LogP) is 4.68. The van der Waals surface area contributed by atoms with Gasteiger partial charge >= 0.3 is 5.97 Å². The van der Waals surface area contributed by atoms with Gasteiger partial charge < -0.3 is 9.84 Å². The van der Waals surface area contributed by atoms with Crippen molar-refractivity contribution in [2.45, 2.75) is 70.8 Å². The number of rotatable bonds is 4. The molecule has 4 aliphatic rings. The average Bonchev–Trinajstić information content (AvgIpc) is 3.10. The van der Waals surface area contributed by atoms with Gasteiger partial charge in [-0.2, -0.15) is 0 Å². The first-order chi connectivity index (χ1) is 15.7. The van der Waals surface area contributed by atoms with Crippen LogP contribution < -0.4 is 0 Å². The summed E-state index contributed by atoms with van der Waals surface area (Å²) in [4.78, 5) is 37.6. The molecule has 0 spiro atoms. The maximum Gasteiger partial charge on any atom is 0.338 e. The SMILES string of the molecule is C[C@]12CCC(=O)C=C1CCC1C2CC[C@@]2(C)C1CC[C@@]2(O)C(=O)COC(=O)c1ccccc1. The predicted molar refractivity (Wildman–Crippen MR) is 123 cm³/mol. The van der Waals surface area contributed by atoms with Crippen molar-refractivity contribution in [1.82, 2.24) is 0 Å². The van der Waals surface area contributed by atoms with E-state index < -0.39 is 23.6 Å². The van der Waals surface area contributed by atoms with Gasteiger partial charge in [-0.05, 0) is 86.3 Å². The molecule has 5 rings (SSSR count). The topological polar surface area (TPSA) is 80.7 Å². The van der Waals surface area contributed by atoms with Crippen LogP contribution in [0.5, 0.6) is 0 Å². The molecule has 5 nitrogen and oxygen atoms in total. The molecule has 1 aromatic carbocycles. The van der Waals surface area contributed by atoms with E-state index in [2.05, 4.69) is 13.8 Å². The number of ketones is 2. The van der Waals surface area contributed by atoms with Crippen molar-refractivity contribution in [3.05, 3.63) is 47.5 Å². The molecule has 0 saturated heterocycles. The fourth-order valence-electron chi connectivity index (χ4n) is 7.94. The highest BCUT2D eigenvalue weighted by molar-refractivity contribution is 5.94. The van der Waals surface area contributed by atoms with Gasteiger partial charge in [-0.3, -0.25) is 9.59 Å². The molecule has 6 atom stereocenters. The van der Waals surface area contributed by atoms with Crippen LogP contribution in [0.4, 0.5) is 0 Å². The Morgan fingerprint density at radius 1 is 1.00 bits per heavy atom. The van der Waals surface area contributed by atoms with Crippen molar-refractivity contribution >= 4 is 17.5 Å². The van der Waals surface area contributed by atoms with Crippen LogP contribution in [0.15, 0.2) is 42.0 Å². The largest absolute Gasteiger partial charge is 0.454 e. The van der Waals surface area contributed by atoms with Gasteiger partial charge in [0.05, 0.1) is 5.56 Å². The summed E-state index contributed by atoms with van der Waals surface area (Å²) in [5.41, 5.74) is -0.181. The van der Waals surface area contributed by atoms with E-state index in [0.29, 0.717) is 30.2 Å². The molecule has 0 aliphatic heterocycles. The molecule has 33 heavy (non-hydrogen) atoms. The first-order valence-electron chi connectivity index (χ1n) is 12.4. The van der Waals surface area contributed by atoms with Crippen LogP contribution in [0.2, 0.25) is 0 Å². The molecule has 0 radical (unpaired) electrons. The van der Waals surface area contributed by atoms with Crippen LogP contribution in [0.1, 0.15) is 75.6 Å². The van der Waals surface area contributed by atoms with Crippen LogP contribution in [0, 0.1) is 28.6 Å². The molecular formula is C28H34O5. The van der Waals surface area contributed by atoms with Gasteiger partial charge in [0.1, 0.15) is 5.60 Å². The smallest absolute Gasteiger partial charge is 0.338 e. The monoisotopic (exact) mass is 450 g/mol. The summed E-state index contributed by atoms with van der Waals surface area (Å²) < 4.78 is 5.31. The lowest BCUT2D eigenvalue weighted by Crippen LogP contribution is -2.58. The first-order valence-corrected chi connectivity index (χ1v) is 12.4. The Balaban J connectivity index is 1.33. The molecule has 0 amide bonds. The molecule has 1 N–H and O–H groups in total. The van der Waals surface area contributed by atoms with E-state index in [1.807, 2.05) is 12.1 Å². The van der Waals surface area contributed by atoms with E-state index >= 15 is 0 Å². The van der Waals surface area contributed by atoms with Crippen LogP contribution in [-0.2, 0) is 14.3 Å². The number of Topliss-reactive ketones (excluding diaryl/α,β-unsaturated/α-hetero) is 1. The van der Waals surface area contributed by atoms with Gasteiger partial charge in [-0.25, -0.2) is 4.79 Å². The van der Waals surface area contributed by atoms with Crippen LogP contribution >= 0.6 is 0 Å². The normalized spacial score (nSPS) is 39.7. The lowest BCUT2D eigenvalue weighted by molar-refractivity contribution is -0.164. The van der Waals surface area contributed by atoms with E-state index in [1.165, 1.54) is 5.57 Å². The quantitative estimate of drug-likeness (QED) is 0.674. The molecule has 0 aromatic heterocycles. The number of hydrogen-bond acceptors (Lipinski definition) is 5. The Labute approximate surface area is 195 Å². The van der Waals surface area contributed by atoms with Crippen LogP contribution in [0.25, 0.3) is 0 Å². The van der Waals surface area contributed by atoms with E-state index in [-0.39, 0.29) is 22.9 Å². The Morgan fingerprint density at radius 2 is 1.73 bits per heavy atom. The number of allylic oxidation sites excluding steroid dienone is 1. The molecule has 0 heterocycles. The lowest BCUT2D eigenvalue weighted by atomic mass is 9.46. The van der Waals surface area contributed by atoms with Crippen molar-refractivity contribution in [3.8, 4) is 0 Å². The molecule has 4 aliphatic carbocycles. The number of carbonyl (C=O) groups excluding carboxylic acids is 3. The standard InChI is InChI=1S/C28H34O5/c1-26-13-10-20(29)16-19(26)8-9-21-22(26)11-14-27(2)23(21)12-15-28(27,32)24(30)17-33-25(31)18-6-4-3-5-7-18/h3-7,16,21-23,32H,8-15,17H2,1-2H3/t21?,22?,23?,26-,27-,28+/m0/s1. The van der Waals surface area contributed by atoms with Gasteiger partial charge in [0, 0.05) is 11.8 Å². The maximum absolute atomic E-state index is 13.3. The Morgan fingerprint density at radius 3 is 2.48 bits per heavy atom. The Bertz CT molecular complexity index is 1010. The van der Waals surface area contributed by atoms with Crippen LogP contribution in [0.3, 0.4) is 0 Å². The lowest BCUT2D eigenvalue weighted by Gasteiger charge is -2.58. The summed E-state index contributed by atoms with van der Waals surface area (Å²) in [6, 6.07) is 8.62. The molecule has 5 heteroatoms. The number of hydrogen-bond donors (Lipinski definition) is 1. The minimum absolute atomic E-state index is 0.0636. The molecule has 3 unspecified atom stereocenters. The fraction of sp³-hybridized carbons (Fsp3) is 0.607. The van der Waals surface area contributed by atoms with Gasteiger partial charge in [-0.1, -0.05) is 37.6 Å². The summed E-state index contributed by atoms with van der Waals surface area (Å²) >= 11 is 0. The second kappa shape index (κ2) is 7.90. The van der Waals surface area contributed by atoms with Gasteiger partial charge in [0.25, 0.3) is 0 Å². The fourth-order valence-corrected chi connectivity index (χ4v) is 7.94. The number of fused-ring (bicyclic) bond motifs is 5. The number of ether oxygens (including phenoxy) is 1. The second-order valence-electron chi connectivity index (χ2n) is 11.2. The van der Waals surface area contributed by atoms with Crippen molar-refractivity contribution in [2.75, 3.05) is 6.61 Å². The molecular weight excluding hydrogens is 416 g/mol. The minimum Gasteiger partial charge on any atom is -0.454 e. The third kappa shape index (κ3) is 3.34. The zero-order valence-electron chi connectivity index (χ0n) is 19.6. The van der Waals surface area contributed by atoms with E-state index in [1.54, 1.807) is 24.3 Å². The number of benzene rings is 1. The summed E-state index contributed by atoms with van der Waals surface area (Å²) in [5.74, 6) is 0.562. The number of esters is 1. The number of carbonyl (C=O) groups is 3. The third-order valence-corrected chi connectivity index (χ3v) is 9.92.